The molecule has 44 heavy (non-hydrogen) atoms. The fourth-order valence-corrected chi connectivity index (χ4v) is 187. The lowest BCUT2D eigenvalue weighted by molar-refractivity contribution is 0.682. The van der Waals surface area contributed by atoms with Gasteiger partial charge in [0.1, 0.15) is 0 Å². The Hall–Kier alpha value is 0.868. The highest BCUT2D eigenvalue weighted by atomic mass is 30.2. The lowest BCUT2D eigenvalue weighted by Gasteiger charge is -2.91. The zero-order valence-corrected chi connectivity index (χ0v) is 33.2. The van der Waals surface area contributed by atoms with Crippen molar-refractivity contribution in [1.29, 1.82) is 0 Å². The van der Waals surface area contributed by atoms with Crippen LogP contribution in [0.25, 0.3) is 0 Å². The first-order chi connectivity index (χ1) is 21.8. The number of hydrogen-bond donors (Lipinski definition) is 0. The van der Waals surface area contributed by atoms with Crippen LogP contribution in [0.15, 0.2) is 0 Å². The minimum atomic E-state index is -1.43. The van der Waals surface area contributed by atoms with Crippen molar-refractivity contribution >= 4 is 28.4 Å². The Kier molecular flexibility index (Phi) is 8.65. The van der Waals surface area contributed by atoms with Gasteiger partial charge in [-0.1, -0.05) is 205 Å². The van der Waals surface area contributed by atoms with Crippen LogP contribution in [0.5, 0.6) is 0 Å². The van der Waals surface area contributed by atoms with E-state index in [1.165, 1.54) is 44.3 Å². The van der Waals surface area contributed by atoms with Gasteiger partial charge in [-0.3, -0.25) is 0 Å². The molecule has 248 valence electrons. The van der Waals surface area contributed by atoms with Crippen molar-refractivity contribution in [1.82, 2.24) is 0 Å². The molecule has 0 N–H and O–H groups in total. The summed E-state index contributed by atoms with van der Waals surface area (Å²) in [4.78, 5) is 0. The molecule has 0 spiro atoms. The van der Waals surface area contributed by atoms with Gasteiger partial charge in [-0.05, 0) is 44.3 Å². The van der Waals surface area contributed by atoms with E-state index in [1.54, 1.807) is 103 Å². The summed E-state index contributed by atoms with van der Waals surface area (Å²) in [5, 5.41) is 0. The van der Waals surface area contributed by atoms with Crippen LogP contribution >= 0.6 is 0 Å². The van der Waals surface area contributed by atoms with Gasteiger partial charge < -0.3 is 0 Å². The summed E-state index contributed by atoms with van der Waals surface area (Å²) in [5.74, 6) is 0. The van der Waals surface area contributed by atoms with Gasteiger partial charge in [0.15, 0.2) is 0 Å². The van der Waals surface area contributed by atoms with Gasteiger partial charge in [-0.15, -0.1) is 0 Å². The zero-order valence-electron chi connectivity index (χ0n) is 29.2. The third kappa shape index (κ3) is 3.79. The van der Waals surface area contributed by atoms with Crippen LogP contribution < -0.4 is 0 Å². The molecule has 0 bridgehead atoms. The summed E-state index contributed by atoms with van der Waals surface area (Å²) in [6, 6.07) is 0. The van der Waals surface area contributed by atoms with Crippen molar-refractivity contribution in [2.24, 2.45) is 0 Å². The molecular weight excluding hydrogens is 593 g/mol. The molecule has 1 aliphatic heterocycles. The molecule has 0 atom stereocenters. The molecule has 9 aliphatic rings. The van der Waals surface area contributed by atoms with E-state index in [4.69, 9.17) is 0 Å². The molecule has 1 saturated heterocycles. The zero-order chi connectivity index (χ0) is 29.2. The Morgan fingerprint density at radius 2 is 0.250 bits per heavy atom. The molecule has 0 aromatic carbocycles. The van der Waals surface area contributed by atoms with Crippen molar-refractivity contribution in [3.8, 4) is 0 Å². The smallest absolute Gasteiger partial charge is 0.0448 e. The maximum absolute atomic E-state index is 1.81. The van der Waals surface area contributed by atoms with Crippen molar-refractivity contribution in [2.45, 2.75) is 250 Å². The molecular formula is C40H72Si4. The number of rotatable bonds is 8. The lowest BCUT2D eigenvalue weighted by atomic mass is 10.3. The van der Waals surface area contributed by atoms with Crippen LogP contribution in [-0.2, 0) is 0 Å². The standard InChI is InChI=1S/C40H72Si4/c1-2-18-33(17-1)41(34-19-3-4-20-34)42(35-21-5-6-22-35,36-23-7-8-24-36)44(39-29-13-14-30-39,40-31-15-16-32-40)43(41,37-25-9-10-26-37)38-27-11-12-28-38/h33-40H,1-32H2. The summed E-state index contributed by atoms with van der Waals surface area (Å²) >= 11 is 0. The van der Waals surface area contributed by atoms with E-state index < -0.39 is 28.4 Å². The molecule has 0 amide bonds. The first kappa shape index (κ1) is 30.9. The Morgan fingerprint density at radius 3 is 0.341 bits per heavy atom. The van der Waals surface area contributed by atoms with Gasteiger partial charge in [0.2, 0.25) is 0 Å². The van der Waals surface area contributed by atoms with E-state index in [2.05, 4.69) is 0 Å². The summed E-state index contributed by atoms with van der Waals surface area (Å²) in [6.45, 7) is 0. The van der Waals surface area contributed by atoms with Crippen LogP contribution in [0.3, 0.4) is 0 Å². The predicted octanol–water partition coefficient (Wildman–Crippen LogP) is 13.7. The van der Waals surface area contributed by atoms with Crippen LogP contribution in [0.2, 0.25) is 44.3 Å². The van der Waals surface area contributed by atoms with Gasteiger partial charge >= 0.3 is 0 Å². The normalized spacial score (nSPS) is 36.0. The molecule has 4 heteroatoms. The van der Waals surface area contributed by atoms with Gasteiger partial charge in [0.05, 0.1) is 0 Å². The van der Waals surface area contributed by atoms with Crippen LogP contribution in [0.4, 0.5) is 0 Å². The predicted molar refractivity (Wildman–Crippen MR) is 201 cm³/mol. The third-order valence-electron chi connectivity index (χ3n) is 18.7. The summed E-state index contributed by atoms with van der Waals surface area (Å²) in [5.41, 5.74) is 11.2. The molecule has 0 aromatic heterocycles. The molecule has 0 nitrogen and oxygen atoms in total. The monoisotopic (exact) mass is 664 g/mol. The fraction of sp³-hybridized carbons (Fsp3) is 1.00. The van der Waals surface area contributed by atoms with Crippen LogP contribution in [-0.4, -0.2) is 28.4 Å². The van der Waals surface area contributed by atoms with E-state index in [-0.39, 0.29) is 0 Å². The second-order valence-electron chi connectivity index (χ2n) is 19.3. The highest BCUT2D eigenvalue weighted by molar-refractivity contribution is 8.15. The highest BCUT2D eigenvalue weighted by Crippen LogP contribution is 2.85. The Morgan fingerprint density at radius 1 is 0.159 bits per heavy atom. The molecule has 8 saturated carbocycles. The van der Waals surface area contributed by atoms with E-state index >= 15 is 0 Å². The Balaban J connectivity index is 1.43. The van der Waals surface area contributed by atoms with E-state index in [1.807, 2.05) is 103 Å². The second-order valence-corrected chi connectivity index (χ2v) is 58.7. The maximum Gasteiger partial charge on any atom is 0.0448 e. The van der Waals surface area contributed by atoms with Crippen LogP contribution in [0, 0.1) is 0 Å². The molecule has 0 aromatic rings. The summed E-state index contributed by atoms with van der Waals surface area (Å²) in [6.07, 6.45) is 56.0. The van der Waals surface area contributed by atoms with Gasteiger partial charge in [0.25, 0.3) is 0 Å². The molecule has 0 unspecified atom stereocenters. The quantitative estimate of drug-likeness (QED) is 0.227. The fourth-order valence-electron chi connectivity index (χ4n) is 19.1. The van der Waals surface area contributed by atoms with Gasteiger partial charge in [0, 0.05) is 28.4 Å². The molecule has 8 aliphatic carbocycles. The first-order valence-electron chi connectivity index (χ1n) is 21.8. The minimum absolute atomic E-state index is 1.40. The SMILES string of the molecule is C1CCC([Si]2(C3CCCC3)[Si](C3CCCC3)(C3CCCC3)[Si](C3CCCC3)(C3CCCC3)[Si]2(C2CCCC2)C2CCCC2)C1. The third-order valence-corrected chi connectivity index (χ3v) is 114. The Bertz CT molecular complexity index is 735. The van der Waals surface area contributed by atoms with E-state index in [0.29, 0.717) is 0 Å². The number of hydrogen-bond acceptors (Lipinski definition) is 0. The molecule has 1 heterocycles. The first-order valence-corrected chi connectivity index (χ1v) is 34.5. The summed E-state index contributed by atoms with van der Waals surface area (Å²) < 4.78 is 0. The van der Waals surface area contributed by atoms with Crippen molar-refractivity contribution in [3.05, 3.63) is 0 Å². The van der Waals surface area contributed by atoms with Crippen molar-refractivity contribution < 1.29 is 0 Å². The van der Waals surface area contributed by atoms with Gasteiger partial charge in [-0.2, -0.15) is 0 Å². The second kappa shape index (κ2) is 12.3. The average molecular weight is 665 g/mol. The van der Waals surface area contributed by atoms with Crippen molar-refractivity contribution in [3.63, 3.8) is 0 Å². The largest absolute Gasteiger partial charge is 0.0533 e. The topological polar surface area (TPSA) is 0 Å². The maximum atomic E-state index is 1.81. The van der Waals surface area contributed by atoms with Gasteiger partial charge in [-0.25, -0.2) is 0 Å². The molecule has 9 fully saturated rings. The van der Waals surface area contributed by atoms with E-state index in [0.717, 1.165) is 0 Å². The average Bonchev–Trinajstić information content (AvgIpc) is 3.91. The lowest BCUT2D eigenvalue weighted by Crippen LogP contribution is -3.12. The van der Waals surface area contributed by atoms with Crippen LogP contribution in [0.1, 0.15) is 205 Å². The minimum Gasteiger partial charge on any atom is -0.0533 e. The molecule has 9 rings (SSSR count). The Labute approximate surface area is 277 Å². The molecule has 0 radical (unpaired) electrons. The van der Waals surface area contributed by atoms with E-state index in [9.17, 15) is 0 Å². The van der Waals surface area contributed by atoms with Crippen molar-refractivity contribution in [2.75, 3.05) is 0 Å². The summed E-state index contributed by atoms with van der Waals surface area (Å²) in [7, 11) is -5.71. The highest BCUT2D eigenvalue weighted by Gasteiger charge is 2.97.